The lowest BCUT2D eigenvalue weighted by Crippen LogP contribution is -2.29. The fourth-order valence-electron chi connectivity index (χ4n) is 2.35. The third-order valence-corrected chi connectivity index (χ3v) is 3.58. The molecule has 0 bridgehead atoms. The van der Waals surface area contributed by atoms with Crippen LogP contribution in [0.2, 0.25) is 0 Å². The lowest BCUT2D eigenvalue weighted by molar-refractivity contribution is -0.137. The Morgan fingerprint density at radius 1 is 1.12 bits per heavy atom. The zero-order chi connectivity index (χ0) is 18.3. The first-order chi connectivity index (χ1) is 11.8. The molecule has 0 heterocycles. The van der Waals surface area contributed by atoms with Crippen LogP contribution in [0.1, 0.15) is 23.1 Å². The third kappa shape index (κ3) is 6.49. The number of nitrogens with one attached hydrogen (secondary N) is 1. The maximum absolute atomic E-state index is 12.6. The summed E-state index contributed by atoms with van der Waals surface area (Å²) >= 11 is 0. The summed E-state index contributed by atoms with van der Waals surface area (Å²) in [5.74, 6) is -0.341. The highest BCUT2D eigenvalue weighted by Crippen LogP contribution is 2.31. The van der Waals surface area contributed by atoms with Crippen LogP contribution in [0.4, 0.5) is 13.2 Å². The molecule has 1 amide bonds. The second-order valence-corrected chi connectivity index (χ2v) is 5.76. The Kier molecular flexibility index (Phi) is 6.44. The Morgan fingerprint density at radius 3 is 2.60 bits per heavy atom. The fraction of sp³-hybridized carbons (Fsp3) is 0.316. The minimum atomic E-state index is -4.43. The number of rotatable bonds is 7. The standard InChI is InChI=1S/C19H20F3NO2/c1-14-5-2-6-15(11-14)7-4-10-23-18(24)13-25-17-9-3-8-16(12-17)19(20,21)22/h2-3,5-6,8-9,11-12H,4,7,10,13H2,1H3,(H,23,24). The summed E-state index contributed by atoms with van der Waals surface area (Å²) in [6.07, 6.45) is -2.81. The number of alkyl halides is 3. The molecule has 6 heteroatoms. The van der Waals surface area contributed by atoms with E-state index in [0.29, 0.717) is 6.54 Å². The first-order valence-corrected chi connectivity index (χ1v) is 7.97. The molecular weight excluding hydrogens is 331 g/mol. The predicted molar refractivity (Wildman–Crippen MR) is 89.4 cm³/mol. The largest absolute Gasteiger partial charge is 0.484 e. The van der Waals surface area contributed by atoms with E-state index in [2.05, 4.69) is 11.4 Å². The van der Waals surface area contributed by atoms with Crippen molar-refractivity contribution in [2.45, 2.75) is 25.9 Å². The predicted octanol–water partition coefficient (Wildman–Crippen LogP) is 4.14. The van der Waals surface area contributed by atoms with Gasteiger partial charge in [-0.3, -0.25) is 4.79 Å². The number of aryl methyl sites for hydroxylation is 2. The Morgan fingerprint density at radius 2 is 1.88 bits per heavy atom. The van der Waals surface area contributed by atoms with Crippen molar-refractivity contribution in [2.24, 2.45) is 0 Å². The molecule has 0 aromatic heterocycles. The molecule has 0 fully saturated rings. The Bertz CT molecular complexity index is 714. The van der Waals surface area contributed by atoms with Crippen molar-refractivity contribution < 1.29 is 22.7 Å². The van der Waals surface area contributed by atoms with Crippen molar-refractivity contribution in [3.05, 3.63) is 65.2 Å². The number of carbonyl (C=O) groups is 1. The molecule has 1 N–H and O–H groups in total. The second-order valence-electron chi connectivity index (χ2n) is 5.76. The first-order valence-electron chi connectivity index (χ1n) is 7.97. The summed E-state index contributed by atoms with van der Waals surface area (Å²) in [7, 11) is 0. The summed E-state index contributed by atoms with van der Waals surface area (Å²) in [4.78, 5) is 11.7. The van der Waals surface area contributed by atoms with Crippen LogP contribution >= 0.6 is 0 Å². The lowest BCUT2D eigenvalue weighted by Gasteiger charge is -2.10. The molecule has 0 radical (unpaired) electrons. The van der Waals surface area contributed by atoms with E-state index in [4.69, 9.17) is 4.74 Å². The average Bonchev–Trinajstić information content (AvgIpc) is 2.56. The van der Waals surface area contributed by atoms with Gasteiger partial charge in [-0.25, -0.2) is 0 Å². The zero-order valence-electron chi connectivity index (χ0n) is 13.9. The molecule has 0 aliphatic heterocycles. The van der Waals surface area contributed by atoms with Gasteiger partial charge in [0, 0.05) is 6.54 Å². The van der Waals surface area contributed by atoms with E-state index in [1.165, 1.54) is 23.3 Å². The lowest BCUT2D eigenvalue weighted by atomic mass is 10.1. The topological polar surface area (TPSA) is 38.3 Å². The molecule has 25 heavy (non-hydrogen) atoms. The molecule has 0 aliphatic rings. The molecular formula is C19H20F3NO2. The molecule has 0 unspecified atom stereocenters. The van der Waals surface area contributed by atoms with Crippen molar-refractivity contribution in [3.63, 3.8) is 0 Å². The van der Waals surface area contributed by atoms with E-state index in [1.807, 2.05) is 25.1 Å². The maximum Gasteiger partial charge on any atom is 0.416 e. The van der Waals surface area contributed by atoms with Crippen LogP contribution in [0.5, 0.6) is 5.75 Å². The molecule has 2 aromatic carbocycles. The molecule has 134 valence electrons. The molecule has 2 rings (SSSR count). The van der Waals surface area contributed by atoms with E-state index in [9.17, 15) is 18.0 Å². The van der Waals surface area contributed by atoms with Gasteiger partial charge in [-0.15, -0.1) is 0 Å². The molecule has 0 atom stereocenters. The van der Waals surface area contributed by atoms with Gasteiger partial charge < -0.3 is 10.1 Å². The maximum atomic E-state index is 12.6. The molecule has 3 nitrogen and oxygen atoms in total. The summed E-state index contributed by atoms with van der Waals surface area (Å²) in [6, 6.07) is 12.6. The van der Waals surface area contributed by atoms with Crippen LogP contribution in [0, 0.1) is 6.92 Å². The van der Waals surface area contributed by atoms with Crippen LogP contribution in [0.25, 0.3) is 0 Å². The highest BCUT2D eigenvalue weighted by Gasteiger charge is 2.30. The van der Waals surface area contributed by atoms with Crippen molar-refractivity contribution in [2.75, 3.05) is 13.2 Å². The van der Waals surface area contributed by atoms with Crippen molar-refractivity contribution in [1.82, 2.24) is 5.32 Å². The van der Waals surface area contributed by atoms with Crippen LogP contribution in [0.15, 0.2) is 48.5 Å². The quantitative estimate of drug-likeness (QED) is 0.762. The van der Waals surface area contributed by atoms with E-state index in [1.54, 1.807) is 0 Å². The monoisotopic (exact) mass is 351 g/mol. The fourth-order valence-corrected chi connectivity index (χ4v) is 2.35. The number of halogens is 3. The van der Waals surface area contributed by atoms with Gasteiger partial charge in [0.25, 0.3) is 5.91 Å². The van der Waals surface area contributed by atoms with Crippen LogP contribution in [-0.2, 0) is 17.4 Å². The van der Waals surface area contributed by atoms with Gasteiger partial charge in [0.05, 0.1) is 5.56 Å². The van der Waals surface area contributed by atoms with Gasteiger partial charge in [0.15, 0.2) is 6.61 Å². The summed E-state index contributed by atoms with van der Waals surface area (Å²) < 4.78 is 42.9. The Hall–Kier alpha value is -2.50. The van der Waals surface area contributed by atoms with Crippen LogP contribution in [0.3, 0.4) is 0 Å². The number of ether oxygens (including phenoxy) is 1. The van der Waals surface area contributed by atoms with Crippen molar-refractivity contribution in [3.8, 4) is 5.75 Å². The van der Waals surface area contributed by atoms with Crippen molar-refractivity contribution >= 4 is 5.91 Å². The van der Waals surface area contributed by atoms with E-state index < -0.39 is 11.7 Å². The van der Waals surface area contributed by atoms with Crippen molar-refractivity contribution in [1.29, 1.82) is 0 Å². The van der Waals surface area contributed by atoms with E-state index >= 15 is 0 Å². The minimum absolute atomic E-state index is 0.0183. The third-order valence-electron chi connectivity index (χ3n) is 3.58. The number of carbonyl (C=O) groups excluding carboxylic acids is 1. The first kappa shape index (κ1) is 18.8. The molecule has 2 aromatic rings. The van der Waals surface area contributed by atoms with Gasteiger partial charge in [0.2, 0.25) is 0 Å². The highest BCUT2D eigenvalue weighted by atomic mass is 19.4. The van der Waals surface area contributed by atoms with Crippen LogP contribution < -0.4 is 10.1 Å². The minimum Gasteiger partial charge on any atom is -0.484 e. The Labute approximate surface area is 144 Å². The van der Waals surface area contributed by atoms with E-state index in [-0.39, 0.29) is 18.3 Å². The summed E-state index contributed by atoms with van der Waals surface area (Å²) in [5, 5.41) is 2.70. The second kappa shape index (κ2) is 8.55. The average molecular weight is 351 g/mol. The zero-order valence-corrected chi connectivity index (χ0v) is 13.9. The van der Waals surface area contributed by atoms with Gasteiger partial charge in [-0.1, -0.05) is 35.9 Å². The summed E-state index contributed by atoms with van der Waals surface area (Å²) in [5.41, 5.74) is 1.59. The molecule has 0 saturated heterocycles. The number of hydrogen-bond acceptors (Lipinski definition) is 2. The molecule has 0 saturated carbocycles. The summed E-state index contributed by atoms with van der Waals surface area (Å²) in [6.45, 7) is 2.20. The SMILES string of the molecule is Cc1cccc(CCCNC(=O)COc2cccc(C(F)(F)F)c2)c1. The normalized spacial score (nSPS) is 11.2. The number of hydrogen-bond donors (Lipinski definition) is 1. The van der Waals surface area contributed by atoms with Gasteiger partial charge >= 0.3 is 6.18 Å². The van der Waals surface area contributed by atoms with Crippen LogP contribution in [-0.4, -0.2) is 19.1 Å². The number of amides is 1. The Balaban J connectivity index is 1.70. The van der Waals surface area contributed by atoms with Gasteiger partial charge in [0.1, 0.15) is 5.75 Å². The highest BCUT2D eigenvalue weighted by molar-refractivity contribution is 5.77. The number of benzene rings is 2. The molecule has 0 spiro atoms. The van der Waals surface area contributed by atoms with Gasteiger partial charge in [-0.05, 0) is 43.5 Å². The molecule has 0 aliphatic carbocycles. The smallest absolute Gasteiger partial charge is 0.416 e. The van der Waals surface area contributed by atoms with Gasteiger partial charge in [-0.2, -0.15) is 13.2 Å². The van der Waals surface area contributed by atoms with E-state index in [0.717, 1.165) is 25.0 Å².